The molecule has 0 aromatic heterocycles. The molecular formula is C10H12F3N3O. The summed E-state index contributed by atoms with van der Waals surface area (Å²) in [4.78, 5) is 0. The van der Waals surface area contributed by atoms with E-state index in [0.29, 0.717) is 12.1 Å². The Hall–Kier alpha value is -1.92. The minimum Gasteiger partial charge on any atom is -0.409 e. The van der Waals surface area contributed by atoms with Crippen LogP contribution in [-0.2, 0) is 0 Å². The SMILES string of the molecule is CC(CNc1c(F)cc(F)cc1F)C(N)=NO. The fourth-order valence-corrected chi connectivity index (χ4v) is 1.17. The molecule has 0 aliphatic carbocycles. The quantitative estimate of drug-likeness (QED) is 0.329. The molecule has 0 heterocycles. The van der Waals surface area contributed by atoms with E-state index >= 15 is 0 Å². The summed E-state index contributed by atoms with van der Waals surface area (Å²) in [6.07, 6.45) is 0. The number of oxime groups is 1. The smallest absolute Gasteiger partial charge is 0.152 e. The summed E-state index contributed by atoms with van der Waals surface area (Å²) in [6.45, 7) is 1.65. The monoisotopic (exact) mass is 247 g/mol. The summed E-state index contributed by atoms with van der Waals surface area (Å²) in [5, 5.41) is 13.6. The number of nitrogens with two attached hydrogens (primary N) is 1. The minimum atomic E-state index is -1.03. The van der Waals surface area contributed by atoms with E-state index in [0.717, 1.165) is 0 Å². The minimum absolute atomic E-state index is 0.0510. The van der Waals surface area contributed by atoms with E-state index in [-0.39, 0.29) is 12.4 Å². The first kappa shape index (κ1) is 13.1. The van der Waals surface area contributed by atoms with Crippen molar-refractivity contribution >= 4 is 11.5 Å². The van der Waals surface area contributed by atoms with E-state index in [4.69, 9.17) is 10.9 Å². The van der Waals surface area contributed by atoms with Gasteiger partial charge < -0.3 is 16.3 Å². The number of halogens is 3. The predicted molar refractivity (Wildman–Crippen MR) is 57.4 cm³/mol. The van der Waals surface area contributed by atoms with Crippen LogP contribution in [-0.4, -0.2) is 17.6 Å². The lowest BCUT2D eigenvalue weighted by Gasteiger charge is -2.13. The normalized spacial score (nSPS) is 13.5. The summed E-state index contributed by atoms with van der Waals surface area (Å²) < 4.78 is 39.0. The molecule has 1 rings (SSSR count). The van der Waals surface area contributed by atoms with E-state index in [2.05, 4.69) is 10.5 Å². The number of nitrogens with zero attached hydrogens (tertiary/aromatic N) is 1. The highest BCUT2D eigenvalue weighted by atomic mass is 19.1. The average Bonchev–Trinajstić information content (AvgIpc) is 2.26. The van der Waals surface area contributed by atoms with Gasteiger partial charge in [0.05, 0.1) is 0 Å². The molecule has 0 aliphatic rings. The number of benzene rings is 1. The van der Waals surface area contributed by atoms with Crippen LogP contribution in [0.15, 0.2) is 17.3 Å². The van der Waals surface area contributed by atoms with Gasteiger partial charge in [-0.3, -0.25) is 0 Å². The van der Waals surface area contributed by atoms with Crippen LogP contribution in [0.2, 0.25) is 0 Å². The van der Waals surface area contributed by atoms with E-state index in [1.807, 2.05) is 0 Å². The van der Waals surface area contributed by atoms with Gasteiger partial charge in [0, 0.05) is 24.6 Å². The van der Waals surface area contributed by atoms with Crippen LogP contribution in [0.4, 0.5) is 18.9 Å². The molecule has 0 saturated heterocycles. The standard InChI is InChI=1S/C10H12F3N3O/c1-5(10(14)16-17)4-15-9-7(12)2-6(11)3-8(9)13/h2-3,5,15,17H,4H2,1H3,(H2,14,16). The highest BCUT2D eigenvalue weighted by Gasteiger charge is 2.13. The number of hydrogen-bond acceptors (Lipinski definition) is 3. The molecule has 0 radical (unpaired) electrons. The van der Waals surface area contributed by atoms with Crippen molar-refractivity contribution in [1.29, 1.82) is 0 Å². The lowest BCUT2D eigenvalue weighted by Crippen LogP contribution is -2.27. The Labute approximate surface area is 95.9 Å². The van der Waals surface area contributed by atoms with Gasteiger partial charge in [-0.1, -0.05) is 12.1 Å². The molecule has 7 heteroatoms. The van der Waals surface area contributed by atoms with Gasteiger partial charge in [-0.15, -0.1) is 0 Å². The molecule has 1 unspecified atom stereocenters. The van der Waals surface area contributed by atoms with Crippen LogP contribution < -0.4 is 11.1 Å². The van der Waals surface area contributed by atoms with Gasteiger partial charge in [0.1, 0.15) is 17.3 Å². The van der Waals surface area contributed by atoms with Gasteiger partial charge in [0.2, 0.25) is 0 Å². The summed E-state index contributed by atoms with van der Waals surface area (Å²) in [5.74, 6) is -3.55. The fourth-order valence-electron chi connectivity index (χ4n) is 1.17. The van der Waals surface area contributed by atoms with Crippen molar-refractivity contribution in [2.24, 2.45) is 16.8 Å². The van der Waals surface area contributed by atoms with Crippen molar-refractivity contribution < 1.29 is 18.4 Å². The maximum atomic E-state index is 13.2. The molecule has 0 fully saturated rings. The number of nitrogens with one attached hydrogen (secondary N) is 1. The zero-order chi connectivity index (χ0) is 13.0. The van der Waals surface area contributed by atoms with Crippen molar-refractivity contribution in [2.75, 3.05) is 11.9 Å². The number of anilines is 1. The molecule has 1 aromatic rings. The maximum Gasteiger partial charge on any atom is 0.152 e. The molecular weight excluding hydrogens is 235 g/mol. The van der Waals surface area contributed by atoms with Gasteiger partial charge in [0.25, 0.3) is 0 Å². The highest BCUT2D eigenvalue weighted by molar-refractivity contribution is 5.82. The maximum absolute atomic E-state index is 13.2. The van der Waals surface area contributed by atoms with Crippen molar-refractivity contribution in [3.8, 4) is 0 Å². The third-order valence-electron chi connectivity index (χ3n) is 2.21. The van der Waals surface area contributed by atoms with Crippen molar-refractivity contribution in [1.82, 2.24) is 0 Å². The Kier molecular flexibility index (Phi) is 4.19. The van der Waals surface area contributed by atoms with E-state index in [1.54, 1.807) is 6.92 Å². The zero-order valence-corrected chi connectivity index (χ0v) is 9.04. The lowest BCUT2D eigenvalue weighted by atomic mass is 10.1. The second kappa shape index (κ2) is 5.42. The molecule has 1 atom stereocenters. The first-order valence-corrected chi connectivity index (χ1v) is 4.81. The third-order valence-corrected chi connectivity index (χ3v) is 2.21. The summed E-state index contributed by atoms with van der Waals surface area (Å²) >= 11 is 0. The zero-order valence-electron chi connectivity index (χ0n) is 9.04. The largest absolute Gasteiger partial charge is 0.409 e. The Morgan fingerprint density at radius 3 is 2.41 bits per heavy atom. The summed E-state index contributed by atoms with van der Waals surface area (Å²) in [7, 11) is 0. The molecule has 0 aliphatic heterocycles. The predicted octanol–water partition coefficient (Wildman–Crippen LogP) is 1.90. The van der Waals surface area contributed by atoms with Gasteiger partial charge in [0.15, 0.2) is 11.6 Å². The molecule has 0 amide bonds. The molecule has 1 aromatic carbocycles. The molecule has 4 nitrogen and oxygen atoms in total. The van der Waals surface area contributed by atoms with Crippen LogP contribution in [0, 0.1) is 23.4 Å². The van der Waals surface area contributed by atoms with Crippen LogP contribution >= 0.6 is 0 Å². The Morgan fingerprint density at radius 1 is 1.41 bits per heavy atom. The first-order chi connectivity index (χ1) is 7.95. The van der Waals surface area contributed by atoms with Crippen LogP contribution in [0.1, 0.15) is 6.92 Å². The third kappa shape index (κ3) is 3.27. The van der Waals surface area contributed by atoms with Crippen LogP contribution in [0.3, 0.4) is 0 Å². The molecule has 17 heavy (non-hydrogen) atoms. The van der Waals surface area contributed by atoms with Crippen LogP contribution in [0.25, 0.3) is 0 Å². The molecule has 0 spiro atoms. The Morgan fingerprint density at radius 2 is 1.94 bits per heavy atom. The highest BCUT2D eigenvalue weighted by Crippen LogP contribution is 2.20. The van der Waals surface area contributed by atoms with Crippen LogP contribution in [0.5, 0.6) is 0 Å². The Bertz CT molecular complexity index is 414. The Balaban J connectivity index is 2.76. The van der Waals surface area contributed by atoms with E-state index in [1.165, 1.54) is 0 Å². The van der Waals surface area contributed by atoms with Gasteiger partial charge >= 0.3 is 0 Å². The summed E-state index contributed by atoms with van der Waals surface area (Å²) in [5.41, 5.74) is 4.85. The average molecular weight is 247 g/mol. The molecule has 0 bridgehead atoms. The molecule has 94 valence electrons. The fraction of sp³-hybridized carbons (Fsp3) is 0.300. The van der Waals surface area contributed by atoms with Crippen molar-refractivity contribution in [2.45, 2.75) is 6.92 Å². The van der Waals surface area contributed by atoms with Gasteiger partial charge in [-0.2, -0.15) is 0 Å². The van der Waals surface area contributed by atoms with Gasteiger partial charge in [-0.05, 0) is 0 Å². The number of rotatable bonds is 4. The summed E-state index contributed by atoms with van der Waals surface area (Å²) in [6, 6.07) is 1.14. The number of amidine groups is 1. The second-order valence-electron chi connectivity index (χ2n) is 3.55. The van der Waals surface area contributed by atoms with Gasteiger partial charge in [-0.25, -0.2) is 13.2 Å². The molecule has 4 N–H and O–H groups in total. The van der Waals surface area contributed by atoms with Crippen molar-refractivity contribution in [3.63, 3.8) is 0 Å². The topological polar surface area (TPSA) is 70.6 Å². The van der Waals surface area contributed by atoms with Crippen molar-refractivity contribution in [3.05, 3.63) is 29.6 Å². The molecule has 0 saturated carbocycles. The van der Waals surface area contributed by atoms with E-state index in [9.17, 15) is 13.2 Å². The first-order valence-electron chi connectivity index (χ1n) is 4.81. The lowest BCUT2D eigenvalue weighted by molar-refractivity contribution is 0.315. The number of hydrogen-bond donors (Lipinski definition) is 3. The second-order valence-corrected chi connectivity index (χ2v) is 3.55. The van der Waals surface area contributed by atoms with E-state index < -0.39 is 29.1 Å².